The number of nitrogens with zero attached hydrogens (tertiary/aromatic N) is 1. The summed E-state index contributed by atoms with van der Waals surface area (Å²) >= 11 is 0. The van der Waals surface area contributed by atoms with E-state index in [1.807, 2.05) is 18.2 Å². The Labute approximate surface area is 111 Å². The van der Waals surface area contributed by atoms with Crippen molar-refractivity contribution >= 4 is 6.29 Å². The topological polar surface area (TPSA) is 20.3 Å². The van der Waals surface area contributed by atoms with Crippen molar-refractivity contribution in [3.05, 3.63) is 71.0 Å². The normalized spacial score (nSPS) is 18.3. The van der Waals surface area contributed by atoms with Crippen LogP contribution in [0.25, 0.3) is 0 Å². The van der Waals surface area contributed by atoms with Crippen LogP contribution in [-0.2, 0) is 17.9 Å². The molecule has 0 radical (unpaired) electrons. The SMILES string of the molecule is O=CC1c2ccccc2CN1Cc1ccc(F)cc1. The average Bonchev–Trinajstić information content (AvgIpc) is 2.78. The first-order valence-electron chi connectivity index (χ1n) is 6.29. The minimum absolute atomic E-state index is 0.193. The van der Waals surface area contributed by atoms with E-state index < -0.39 is 0 Å². The summed E-state index contributed by atoms with van der Waals surface area (Å²) in [6.45, 7) is 1.41. The van der Waals surface area contributed by atoms with Crippen molar-refractivity contribution in [1.82, 2.24) is 4.90 Å². The number of hydrogen-bond acceptors (Lipinski definition) is 2. The van der Waals surface area contributed by atoms with Crippen molar-refractivity contribution in [2.75, 3.05) is 0 Å². The van der Waals surface area contributed by atoms with Gasteiger partial charge in [-0.1, -0.05) is 36.4 Å². The summed E-state index contributed by atoms with van der Waals surface area (Å²) in [6.07, 6.45) is 0.982. The van der Waals surface area contributed by atoms with Gasteiger partial charge in [0.25, 0.3) is 0 Å². The number of hydrogen-bond donors (Lipinski definition) is 0. The maximum atomic E-state index is 12.9. The molecule has 3 rings (SSSR count). The molecule has 0 N–H and O–H groups in total. The van der Waals surface area contributed by atoms with Gasteiger partial charge in [-0.2, -0.15) is 0 Å². The second-order valence-electron chi connectivity index (χ2n) is 4.81. The molecule has 0 aromatic heterocycles. The first kappa shape index (κ1) is 12.1. The highest BCUT2D eigenvalue weighted by molar-refractivity contribution is 5.64. The standard InChI is InChI=1S/C16H14FNO/c17-14-7-5-12(6-8-14)9-18-10-13-3-1-2-4-15(13)16(18)11-19/h1-8,11,16H,9-10H2. The lowest BCUT2D eigenvalue weighted by atomic mass is 10.1. The van der Waals surface area contributed by atoms with Crippen LogP contribution < -0.4 is 0 Å². The van der Waals surface area contributed by atoms with Crippen LogP contribution in [0, 0.1) is 5.82 Å². The summed E-state index contributed by atoms with van der Waals surface area (Å²) in [5, 5.41) is 0. The lowest BCUT2D eigenvalue weighted by Gasteiger charge is -2.20. The summed E-state index contributed by atoms with van der Waals surface area (Å²) in [4.78, 5) is 13.4. The first-order chi connectivity index (χ1) is 9.28. The van der Waals surface area contributed by atoms with E-state index in [0.717, 1.165) is 24.0 Å². The number of carbonyl (C=O) groups excluding carboxylic acids is 1. The fourth-order valence-electron chi connectivity index (χ4n) is 2.62. The third kappa shape index (κ3) is 2.29. The predicted molar refractivity (Wildman–Crippen MR) is 70.9 cm³/mol. The Bertz CT molecular complexity index is 594. The summed E-state index contributed by atoms with van der Waals surface area (Å²) < 4.78 is 12.9. The molecule has 2 nitrogen and oxygen atoms in total. The number of fused-ring (bicyclic) bond motifs is 1. The van der Waals surface area contributed by atoms with Gasteiger partial charge in [-0.3, -0.25) is 4.90 Å². The molecular weight excluding hydrogens is 241 g/mol. The van der Waals surface area contributed by atoms with Crippen molar-refractivity contribution in [3.8, 4) is 0 Å². The molecule has 2 aromatic carbocycles. The molecule has 1 aliphatic heterocycles. The molecule has 1 heterocycles. The van der Waals surface area contributed by atoms with E-state index in [9.17, 15) is 9.18 Å². The maximum Gasteiger partial charge on any atom is 0.141 e. The number of aldehydes is 1. The zero-order valence-corrected chi connectivity index (χ0v) is 10.4. The molecule has 0 fully saturated rings. The molecule has 0 amide bonds. The van der Waals surface area contributed by atoms with Gasteiger partial charge in [0.1, 0.15) is 12.1 Å². The number of benzene rings is 2. The highest BCUT2D eigenvalue weighted by Gasteiger charge is 2.29. The van der Waals surface area contributed by atoms with Gasteiger partial charge in [-0.25, -0.2) is 4.39 Å². The Balaban J connectivity index is 1.83. The fraction of sp³-hybridized carbons (Fsp3) is 0.188. The Morgan fingerprint density at radius 2 is 1.89 bits per heavy atom. The van der Waals surface area contributed by atoms with Crippen molar-refractivity contribution in [1.29, 1.82) is 0 Å². The highest BCUT2D eigenvalue weighted by Crippen LogP contribution is 2.33. The smallest absolute Gasteiger partial charge is 0.141 e. The summed E-state index contributed by atoms with van der Waals surface area (Å²) in [6, 6.07) is 14.2. The monoisotopic (exact) mass is 255 g/mol. The van der Waals surface area contributed by atoms with Crippen LogP contribution in [0.2, 0.25) is 0 Å². The summed E-state index contributed by atoms with van der Waals surface area (Å²) in [5.41, 5.74) is 3.29. The molecule has 1 atom stereocenters. The van der Waals surface area contributed by atoms with E-state index in [4.69, 9.17) is 0 Å². The fourth-order valence-corrected chi connectivity index (χ4v) is 2.62. The van der Waals surface area contributed by atoms with Gasteiger partial charge < -0.3 is 4.79 Å². The molecule has 1 aliphatic rings. The van der Waals surface area contributed by atoms with Gasteiger partial charge in [0, 0.05) is 13.1 Å². The van der Waals surface area contributed by atoms with Gasteiger partial charge in [-0.05, 0) is 28.8 Å². The van der Waals surface area contributed by atoms with E-state index in [-0.39, 0.29) is 11.9 Å². The van der Waals surface area contributed by atoms with Crippen LogP contribution in [0.3, 0.4) is 0 Å². The van der Waals surface area contributed by atoms with E-state index in [0.29, 0.717) is 6.54 Å². The second kappa shape index (κ2) is 4.94. The van der Waals surface area contributed by atoms with Gasteiger partial charge >= 0.3 is 0 Å². The largest absolute Gasteiger partial charge is 0.301 e. The van der Waals surface area contributed by atoms with Gasteiger partial charge in [-0.15, -0.1) is 0 Å². The molecule has 2 aromatic rings. The summed E-state index contributed by atoms with van der Waals surface area (Å²) in [7, 11) is 0. The minimum atomic E-state index is -0.236. The second-order valence-corrected chi connectivity index (χ2v) is 4.81. The van der Waals surface area contributed by atoms with Crippen LogP contribution in [0.1, 0.15) is 22.7 Å². The van der Waals surface area contributed by atoms with Gasteiger partial charge in [0.15, 0.2) is 0 Å². The molecule has 96 valence electrons. The zero-order valence-electron chi connectivity index (χ0n) is 10.4. The van der Waals surface area contributed by atoms with Crippen molar-refractivity contribution in [3.63, 3.8) is 0 Å². The first-order valence-corrected chi connectivity index (χ1v) is 6.29. The molecule has 19 heavy (non-hydrogen) atoms. The Hall–Kier alpha value is -2.00. The number of carbonyl (C=O) groups is 1. The zero-order chi connectivity index (χ0) is 13.2. The van der Waals surface area contributed by atoms with Crippen molar-refractivity contribution in [2.24, 2.45) is 0 Å². The van der Waals surface area contributed by atoms with Crippen LogP contribution in [-0.4, -0.2) is 11.2 Å². The Kier molecular flexibility index (Phi) is 3.13. The third-order valence-electron chi connectivity index (χ3n) is 3.57. The quantitative estimate of drug-likeness (QED) is 0.785. The van der Waals surface area contributed by atoms with Gasteiger partial charge in [0.05, 0.1) is 6.04 Å². The van der Waals surface area contributed by atoms with Crippen LogP contribution in [0.4, 0.5) is 4.39 Å². The van der Waals surface area contributed by atoms with Crippen LogP contribution >= 0.6 is 0 Å². The molecule has 0 saturated carbocycles. The molecule has 0 saturated heterocycles. The molecule has 0 spiro atoms. The number of rotatable bonds is 3. The van der Waals surface area contributed by atoms with E-state index in [2.05, 4.69) is 11.0 Å². The lowest BCUT2D eigenvalue weighted by molar-refractivity contribution is -0.112. The molecule has 1 unspecified atom stereocenters. The highest BCUT2D eigenvalue weighted by atomic mass is 19.1. The number of halogens is 1. The van der Waals surface area contributed by atoms with Crippen molar-refractivity contribution < 1.29 is 9.18 Å². The van der Waals surface area contributed by atoms with E-state index in [1.54, 1.807) is 12.1 Å². The third-order valence-corrected chi connectivity index (χ3v) is 3.57. The minimum Gasteiger partial charge on any atom is -0.301 e. The van der Waals surface area contributed by atoms with Crippen LogP contribution in [0.5, 0.6) is 0 Å². The van der Waals surface area contributed by atoms with E-state index >= 15 is 0 Å². The summed E-state index contributed by atoms with van der Waals surface area (Å²) in [5.74, 6) is -0.236. The van der Waals surface area contributed by atoms with Gasteiger partial charge in [0.2, 0.25) is 0 Å². The van der Waals surface area contributed by atoms with Crippen molar-refractivity contribution in [2.45, 2.75) is 19.1 Å². The molecular formula is C16H14FNO. The average molecular weight is 255 g/mol. The maximum absolute atomic E-state index is 12.9. The van der Waals surface area contributed by atoms with Crippen LogP contribution in [0.15, 0.2) is 48.5 Å². The van der Waals surface area contributed by atoms with E-state index in [1.165, 1.54) is 17.7 Å². The Morgan fingerprint density at radius 1 is 1.16 bits per heavy atom. The lowest BCUT2D eigenvalue weighted by Crippen LogP contribution is -2.22. The molecule has 0 aliphatic carbocycles. The molecule has 3 heteroatoms. The Morgan fingerprint density at radius 3 is 2.63 bits per heavy atom. The molecule has 0 bridgehead atoms. The predicted octanol–water partition coefficient (Wildman–Crippen LogP) is 3.08.